The number of likely N-dealkylation sites (tertiary alicyclic amines) is 1. The number of aliphatic carboxylic acids is 1. The molecule has 9 heteroatoms. The topological polar surface area (TPSA) is 57.6 Å². The normalized spacial score (nSPS) is 28.9. The highest BCUT2D eigenvalue weighted by molar-refractivity contribution is 6.35. The van der Waals surface area contributed by atoms with Crippen molar-refractivity contribution in [3.63, 3.8) is 0 Å². The summed E-state index contributed by atoms with van der Waals surface area (Å²) in [6, 6.07) is 4.89. The van der Waals surface area contributed by atoms with Gasteiger partial charge in [0.25, 0.3) is 0 Å². The minimum absolute atomic E-state index is 0.175. The largest absolute Gasteiger partial charge is 0.481 e. The lowest BCUT2D eigenvalue weighted by molar-refractivity contribution is -0.188. The molecule has 2 unspecified atom stereocenters. The number of hydrogen-bond acceptors (Lipinski definition) is 2. The van der Waals surface area contributed by atoms with Crippen LogP contribution in [0.5, 0.6) is 0 Å². The standard InChI is InChI=1S/C16H14Cl2F3NO3/c17-7-1-2-8(13(18)3-7)9-4-10(9)14(23)22-5-11(15(24)25)12(6-22)16(19,20)21/h1-3,9-12H,4-6H2,(H,24,25)/t9?,10?,11-,12-/m1/s1. The van der Waals surface area contributed by atoms with Gasteiger partial charge in [0.1, 0.15) is 0 Å². The van der Waals surface area contributed by atoms with Crippen molar-refractivity contribution >= 4 is 35.1 Å². The highest BCUT2D eigenvalue weighted by atomic mass is 35.5. The molecule has 136 valence electrons. The molecule has 1 aromatic carbocycles. The molecule has 1 saturated heterocycles. The van der Waals surface area contributed by atoms with Crippen LogP contribution in [-0.4, -0.2) is 41.1 Å². The fourth-order valence-corrected chi connectivity index (χ4v) is 3.96. The fourth-order valence-electron chi connectivity index (χ4n) is 3.41. The number of hydrogen-bond donors (Lipinski definition) is 1. The molecular formula is C16H14Cl2F3NO3. The minimum Gasteiger partial charge on any atom is -0.481 e. The summed E-state index contributed by atoms with van der Waals surface area (Å²) in [4.78, 5) is 24.6. The molecule has 0 bridgehead atoms. The van der Waals surface area contributed by atoms with Gasteiger partial charge in [-0.2, -0.15) is 13.2 Å². The van der Waals surface area contributed by atoms with Crippen molar-refractivity contribution in [1.82, 2.24) is 4.90 Å². The number of halogens is 5. The summed E-state index contributed by atoms with van der Waals surface area (Å²) in [5.41, 5.74) is 0.728. The lowest BCUT2D eigenvalue weighted by Crippen LogP contribution is -2.34. The molecule has 4 atom stereocenters. The summed E-state index contributed by atoms with van der Waals surface area (Å²) in [6.45, 7) is -1.03. The highest BCUT2D eigenvalue weighted by Crippen LogP contribution is 2.51. The van der Waals surface area contributed by atoms with Gasteiger partial charge >= 0.3 is 12.1 Å². The van der Waals surface area contributed by atoms with Crippen LogP contribution in [0.3, 0.4) is 0 Å². The molecule has 0 aromatic heterocycles. The van der Waals surface area contributed by atoms with E-state index in [1.54, 1.807) is 18.2 Å². The van der Waals surface area contributed by atoms with Crippen LogP contribution >= 0.6 is 23.2 Å². The van der Waals surface area contributed by atoms with Gasteiger partial charge in [0.15, 0.2) is 0 Å². The third-order valence-corrected chi connectivity index (χ3v) is 5.40. The summed E-state index contributed by atoms with van der Waals surface area (Å²) in [5, 5.41) is 9.89. The monoisotopic (exact) mass is 395 g/mol. The van der Waals surface area contributed by atoms with Gasteiger partial charge in [-0.25, -0.2) is 0 Å². The molecule has 3 rings (SSSR count). The first-order chi connectivity index (χ1) is 11.6. The number of carbonyl (C=O) groups is 2. The van der Waals surface area contributed by atoms with Crippen molar-refractivity contribution in [1.29, 1.82) is 0 Å². The molecule has 1 aliphatic carbocycles. The molecule has 4 nitrogen and oxygen atoms in total. The molecule has 1 aliphatic heterocycles. The van der Waals surface area contributed by atoms with E-state index >= 15 is 0 Å². The Morgan fingerprint density at radius 2 is 1.84 bits per heavy atom. The number of benzene rings is 1. The van der Waals surface area contributed by atoms with Crippen LogP contribution in [0.4, 0.5) is 13.2 Å². The van der Waals surface area contributed by atoms with Crippen molar-refractivity contribution in [2.75, 3.05) is 13.1 Å². The predicted octanol–water partition coefficient (Wildman–Crippen LogP) is 3.82. The Morgan fingerprint density at radius 3 is 2.36 bits per heavy atom. The summed E-state index contributed by atoms with van der Waals surface area (Å²) < 4.78 is 39.1. The van der Waals surface area contributed by atoms with E-state index in [0.29, 0.717) is 16.5 Å². The number of carboxylic acids is 1. The van der Waals surface area contributed by atoms with Gasteiger partial charge in [-0.05, 0) is 30.0 Å². The second-order valence-electron chi connectivity index (χ2n) is 6.45. The van der Waals surface area contributed by atoms with Gasteiger partial charge < -0.3 is 10.0 Å². The van der Waals surface area contributed by atoms with E-state index in [0.717, 1.165) is 10.5 Å². The van der Waals surface area contributed by atoms with E-state index in [-0.39, 0.29) is 5.92 Å². The molecule has 25 heavy (non-hydrogen) atoms. The first-order valence-corrected chi connectivity index (χ1v) is 8.38. The van der Waals surface area contributed by atoms with Crippen LogP contribution in [0.15, 0.2) is 18.2 Å². The van der Waals surface area contributed by atoms with Gasteiger partial charge in [-0.3, -0.25) is 9.59 Å². The summed E-state index contributed by atoms with van der Waals surface area (Å²) in [7, 11) is 0. The summed E-state index contributed by atoms with van der Waals surface area (Å²) in [5.74, 6) is -6.30. The maximum atomic E-state index is 13.0. The van der Waals surface area contributed by atoms with Crippen molar-refractivity contribution in [3.05, 3.63) is 33.8 Å². The SMILES string of the molecule is O=C(O)[C@@H]1CN(C(=O)C2CC2c2ccc(Cl)cc2Cl)C[C@H]1C(F)(F)F. The zero-order valence-electron chi connectivity index (χ0n) is 12.8. The van der Waals surface area contributed by atoms with E-state index in [1.807, 2.05) is 0 Å². The smallest absolute Gasteiger partial charge is 0.394 e. The quantitative estimate of drug-likeness (QED) is 0.846. The van der Waals surface area contributed by atoms with Gasteiger partial charge in [0.05, 0.1) is 11.8 Å². The van der Waals surface area contributed by atoms with E-state index in [2.05, 4.69) is 0 Å². The molecule has 1 heterocycles. The first kappa shape index (κ1) is 18.3. The molecule has 0 spiro atoms. The molecule has 2 aliphatic rings. The molecule has 1 N–H and O–H groups in total. The molecule has 1 amide bonds. The second kappa shape index (κ2) is 6.36. The number of amides is 1. The fraction of sp³-hybridized carbons (Fsp3) is 0.500. The maximum absolute atomic E-state index is 13.0. The molecule has 1 aromatic rings. The van der Waals surface area contributed by atoms with Crippen LogP contribution in [0, 0.1) is 17.8 Å². The number of carbonyl (C=O) groups excluding carboxylic acids is 1. The number of nitrogens with zero attached hydrogens (tertiary/aromatic N) is 1. The van der Waals surface area contributed by atoms with Crippen LogP contribution in [0.2, 0.25) is 10.0 Å². The second-order valence-corrected chi connectivity index (χ2v) is 7.29. The van der Waals surface area contributed by atoms with Gasteiger partial charge in [-0.1, -0.05) is 29.3 Å². The number of alkyl halides is 3. The van der Waals surface area contributed by atoms with Gasteiger partial charge in [0.2, 0.25) is 5.91 Å². The third-order valence-electron chi connectivity index (χ3n) is 4.84. The van der Waals surface area contributed by atoms with E-state index < -0.39 is 48.9 Å². The zero-order valence-corrected chi connectivity index (χ0v) is 14.3. The maximum Gasteiger partial charge on any atom is 0.394 e. The summed E-state index contributed by atoms with van der Waals surface area (Å²) >= 11 is 11.9. The van der Waals surface area contributed by atoms with Gasteiger partial charge in [-0.15, -0.1) is 0 Å². The Balaban J connectivity index is 1.72. The van der Waals surface area contributed by atoms with Crippen molar-refractivity contribution in [3.8, 4) is 0 Å². The average Bonchev–Trinajstić information content (AvgIpc) is 3.13. The van der Waals surface area contributed by atoms with E-state index in [4.69, 9.17) is 28.3 Å². The Hall–Kier alpha value is -1.47. The van der Waals surface area contributed by atoms with Crippen molar-refractivity contribution < 1.29 is 27.9 Å². The Labute approximate surface area is 151 Å². The number of rotatable bonds is 3. The van der Waals surface area contributed by atoms with Crippen LogP contribution in [0.1, 0.15) is 17.9 Å². The van der Waals surface area contributed by atoms with Crippen LogP contribution in [-0.2, 0) is 9.59 Å². The summed E-state index contributed by atoms with van der Waals surface area (Å²) in [6.07, 6.45) is -4.17. The van der Waals surface area contributed by atoms with Gasteiger partial charge in [0, 0.05) is 29.1 Å². The first-order valence-electron chi connectivity index (χ1n) is 7.63. The molecule has 2 fully saturated rings. The minimum atomic E-state index is -4.65. The van der Waals surface area contributed by atoms with E-state index in [1.165, 1.54) is 0 Å². The lowest BCUT2D eigenvalue weighted by atomic mass is 9.96. The highest BCUT2D eigenvalue weighted by Gasteiger charge is 2.56. The molecule has 0 radical (unpaired) electrons. The zero-order chi connectivity index (χ0) is 18.5. The third kappa shape index (κ3) is 3.58. The van der Waals surface area contributed by atoms with Crippen LogP contribution < -0.4 is 0 Å². The Bertz CT molecular complexity index is 725. The molecule has 1 saturated carbocycles. The number of carboxylic acid groups (broad SMARTS) is 1. The Morgan fingerprint density at radius 1 is 1.16 bits per heavy atom. The van der Waals surface area contributed by atoms with Crippen molar-refractivity contribution in [2.45, 2.75) is 18.5 Å². The lowest BCUT2D eigenvalue weighted by Gasteiger charge is -2.18. The molecular weight excluding hydrogens is 382 g/mol. The predicted molar refractivity (Wildman–Crippen MR) is 84.6 cm³/mol. The van der Waals surface area contributed by atoms with E-state index in [9.17, 15) is 22.8 Å². The average molecular weight is 396 g/mol. The van der Waals surface area contributed by atoms with Crippen molar-refractivity contribution in [2.24, 2.45) is 17.8 Å². The van der Waals surface area contributed by atoms with Crippen LogP contribution in [0.25, 0.3) is 0 Å². The Kier molecular flexibility index (Phi) is 4.66.